The van der Waals surface area contributed by atoms with E-state index in [4.69, 9.17) is 15.2 Å². The molecule has 5 nitrogen and oxygen atoms in total. The Balaban J connectivity index is 1.96. The Kier molecular flexibility index (Phi) is 3.33. The summed E-state index contributed by atoms with van der Waals surface area (Å²) in [5, 5.41) is 0.721. The van der Waals surface area contributed by atoms with Crippen molar-refractivity contribution in [2.75, 3.05) is 6.61 Å². The molecule has 1 amide bonds. The van der Waals surface area contributed by atoms with E-state index >= 15 is 0 Å². The fourth-order valence-corrected chi connectivity index (χ4v) is 2.36. The van der Waals surface area contributed by atoms with E-state index < -0.39 is 29.4 Å². The molecule has 1 unspecified atom stereocenters. The van der Waals surface area contributed by atoms with E-state index in [0.717, 1.165) is 0 Å². The molecule has 1 fully saturated rings. The number of carbonyl (C=O) groups excluding carboxylic acids is 2. The van der Waals surface area contributed by atoms with Crippen LogP contribution in [0.15, 0.2) is 36.4 Å². The van der Waals surface area contributed by atoms with Crippen LogP contribution in [0.5, 0.6) is 0 Å². The first-order valence-corrected chi connectivity index (χ1v) is 6.74. The van der Waals surface area contributed by atoms with Gasteiger partial charge in [-0.15, -0.1) is 0 Å². The van der Waals surface area contributed by atoms with Gasteiger partial charge < -0.3 is 15.2 Å². The second-order valence-corrected chi connectivity index (χ2v) is 5.43. The van der Waals surface area contributed by atoms with Gasteiger partial charge in [0, 0.05) is 5.39 Å². The van der Waals surface area contributed by atoms with Crippen LogP contribution in [-0.4, -0.2) is 30.2 Å². The highest BCUT2D eigenvalue weighted by Gasteiger charge is 2.52. The molecule has 0 aromatic heterocycles. The molecule has 0 spiro atoms. The lowest BCUT2D eigenvalue weighted by Crippen LogP contribution is -2.43. The van der Waals surface area contributed by atoms with Gasteiger partial charge in [0.05, 0.1) is 12.2 Å². The van der Waals surface area contributed by atoms with Gasteiger partial charge in [-0.1, -0.05) is 24.3 Å². The standard InChI is InChI=1S/C16H14FNO4/c1-16(8-21-16)13(14(18)19)22-15(20)11-6-7-12(17)10-5-3-2-4-9(10)11/h2-7,13H,8H2,1H3,(H2,18,19)/t13-,16?/m0/s1. The maximum absolute atomic E-state index is 13.8. The summed E-state index contributed by atoms with van der Waals surface area (Å²) in [4.78, 5) is 23.8. The molecule has 1 aliphatic rings. The zero-order chi connectivity index (χ0) is 15.9. The van der Waals surface area contributed by atoms with Gasteiger partial charge in [-0.25, -0.2) is 9.18 Å². The molecule has 0 saturated carbocycles. The summed E-state index contributed by atoms with van der Waals surface area (Å²) in [5.41, 5.74) is 4.57. The second kappa shape index (κ2) is 5.06. The minimum atomic E-state index is -1.18. The number of primary amides is 1. The van der Waals surface area contributed by atoms with Gasteiger partial charge in [0.15, 0.2) is 0 Å². The van der Waals surface area contributed by atoms with Crippen molar-refractivity contribution < 1.29 is 23.5 Å². The Morgan fingerprint density at radius 2 is 1.91 bits per heavy atom. The topological polar surface area (TPSA) is 81.9 Å². The second-order valence-electron chi connectivity index (χ2n) is 5.43. The Morgan fingerprint density at radius 3 is 2.50 bits per heavy atom. The van der Waals surface area contributed by atoms with Crippen molar-refractivity contribution >= 4 is 22.6 Å². The average Bonchev–Trinajstić information content (AvgIpc) is 3.23. The predicted molar refractivity (Wildman–Crippen MR) is 76.7 cm³/mol. The molecule has 22 heavy (non-hydrogen) atoms. The Morgan fingerprint density at radius 1 is 1.27 bits per heavy atom. The van der Waals surface area contributed by atoms with Crippen LogP contribution < -0.4 is 5.73 Å². The molecular weight excluding hydrogens is 289 g/mol. The van der Waals surface area contributed by atoms with Crippen LogP contribution in [0.1, 0.15) is 17.3 Å². The molecule has 2 N–H and O–H groups in total. The van der Waals surface area contributed by atoms with Crippen molar-refractivity contribution in [3.05, 3.63) is 47.8 Å². The number of esters is 1. The number of nitrogens with two attached hydrogens (primary N) is 1. The highest BCUT2D eigenvalue weighted by molar-refractivity contribution is 6.05. The van der Waals surface area contributed by atoms with E-state index in [9.17, 15) is 14.0 Å². The van der Waals surface area contributed by atoms with Crippen molar-refractivity contribution in [3.8, 4) is 0 Å². The molecule has 114 valence electrons. The molecule has 0 aliphatic carbocycles. The van der Waals surface area contributed by atoms with Crippen LogP contribution in [0.25, 0.3) is 10.8 Å². The Labute approximate surface area is 125 Å². The van der Waals surface area contributed by atoms with Crippen LogP contribution in [0, 0.1) is 5.82 Å². The van der Waals surface area contributed by atoms with E-state index in [2.05, 4.69) is 0 Å². The van der Waals surface area contributed by atoms with Gasteiger partial charge in [0.2, 0.25) is 6.10 Å². The maximum atomic E-state index is 13.8. The number of rotatable bonds is 4. The van der Waals surface area contributed by atoms with Gasteiger partial charge in [-0.05, 0) is 24.4 Å². The van der Waals surface area contributed by atoms with Crippen molar-refractivity contribution in [2.24, 2.45) is 5.73 Å². The van der Waals surface area contributed by atoms with Crippen molar-refractivity contribution in [3.63, 3.8) is 0 Å². The van der Waals surface area contributed by atoms with Gasteiger partial charge in [0.1, 0.15) is 11.4 Å². The van der Waals surface area contributed by atoms with E-state index in [-0.39, 0.29) is 12.2 Å². The number of hydrogen-bond donors (Lipinski definition) is 1. The molecular formula is C16H14FNO4. The number of amides is 1. The molecule has 0 bridgehead atoms. The zero-order valence-corrected chi connectivity index (χ0v) is 11.8. The summed E-state index contributed by atoms with van der Waals surface area (Å²) >= 11 is 0. The summed E-state index contributed by atoms with van der Waals surface area (Å²) < 4.78 is 24.1. The molecule has 6 heteroatoms. The third-order valence-electron chi connectivity index (χ3n) is 3.73. The number of epoxide rings is 1. The van der Waals surface area contributed by atoms with E-state index in [0.29, 0.717) is 10.8 Å². The summed E-state index contributed by atoms with van der Waals surface area (Å²) in [6.07, 6.45) is -1.18. The van der Waals surface area contributed by atoms with Gasteiger partial charge >= 0.3 is 5.97 Å². The van der Waals surface area contributed by atoms with Crippen LogP contribution in [-0.2, 0) is 14.3 Å². The largest absolute Gasteiger partial charge is 0.445 e. The van der Waals surface area contributed by atoms with Crippen molar-refractivity contribution in [1.82, 2.24) is 0 Å². The fraction of sp³-hybridized carbons (Fsp3) is 0.250. The lowest BCUT2D eigenvalue weighted by atomic mass is 10.0. The first-order chi connectivity index (χ1) is 10.4. The number of ether oxygens (including phenoxy) is 2. The van der Waals surface area contributed by atoms with Crippen LogP contribution in [0.3, 0.4) is 0 Å². The van der Waals surface area contributed by atoms with Crippen LogP contribution in [0.2, 0.25) is 0 Å². The highest BCUT2D eigenvalue weighted by Crippen LogP contribution is 2.33. The zero-order valence-electron chi connectivity index (χ0n) is 11.8. The van der Waals surface area contributed by atoms with E-state index in [1.54, 1.807) is 31.2 Å². The fourth-order valence-electron chi connectivity index (χ4n) is 2.36. The number of hydrogen-bond acceptors (Lipinski definition) is 4. The molecule has 1 heterocycles. The number of halogens is 1. The summed E-state index contributed by atoms with van der Waals surface area (Å²) in [7, 11) is 0. The first kappa shape index (κ1) is 14.5. The SMILES string of the molecule is CC1([C@@H](OC(=O)c2ccc(F)c3ccccc23)C(N)=O)CO1. The third kappa shape index (κ3) is 2.42. The minimum Gasteiger partial charge on any atom is -0.445 e. The van der Waals surface area contributed by atoms with Crippen LogP contribution >= 0.6 is 0 Å². The van der Waals surface area contributed by atoms with Crippen LogP contribution in [0.4, 0.5) is 4.39 Å². The smallest absolute Gasteiger partial charge is 0.339 e. The Hall–Kier alpha value is -2.47. The molecule has 1 saturated heterocycles. The summed E-state index contributed by atoms with van der Waals surface area (Å²) in [6, 6.07) is 9.06. The third-order valence-corrected chi connectivity index (χ3v) is 3.73. The molecule has 2 aromatic carbocycles. The minimum absolute atomic E-state index is 0.174. The van der Waals surface area contributed by atoms with Gasteiger partial charge in [-0.3, -0.25) is 4.79 Å². The lowest BCUT2D eigenvalue weighted by Gasteiger charge is -2.18. The highest BCUT2D eigenvalue weighted by atomic mass is 19.1. The first-order valence-electron chi connectivity index (χ1n) is 6.74. The van der Waals surface area contributed by atoms with E-state index in [1.807, 2.05) is 0 Å². The number of fused-ring (bicyclic) bond motifs is 1. The lowest BCUT2D eigenvalue weighted by molar-refractivity contribution is -0.129. The predicted octanol–water partition coefficient (Wildman–Crippen LogP) is 1.78. The maximum Gasteiger partial charge on any atom is 0.339 e. The average molecular weight is 303 g/mol. The Bertz CT molecular complexity index is 770. The number of carbonyl (C=O) groups is 2. The van der Waals surface area contributed by atoms with E-state index in [1.165, 1.54) is 12.1 Å². The normalized spacial score (nSPS) is 21.4. The van der Waals surface area contributed by atoms with Gasteiger partial charge in [0.25, 0.3) is 5.91 Å². The van der Waals surface area contributed by atoms with Crippen molar-refractivity contribution in [2.45, 2.75) is 18.6 Å². The monoisotopic (exact) mass is 303 g/mol. The summed E-state index contributed by atoms with van der Waals surface area (Å²) in [5.74, 6) is -1.95. The van der Waals surface area contributed by atoms with Crippen molar-refractivity contribution in [1.29, 1.82) is 0 Å². The quantitative estimate of drug-likeness (QED) is 0.689. The molecule has 2 atom stereocenters. The molecule has 0 radical (unpaired) electrons. The van der Waals surface area contributed by atoms with Gasteiger partial charge in [-0.2, -0.15) is 0 Å². The summed E-state index contributed by atoms with van der Waals surface area (Å²) in [6.45, 7) is 1.93. The molecule has 2 aromatic rings. The molecule has 1 aliphatic heterocycles. The number of benzene rings is 2. The molecule has 3 rings (SSSR count).